The highest BCUT2D eigenvalue weighted by Gasteiger charge is 2.48. The van der Waals surface area contributed by atoms with Crippen LogP contribution in [0.3, 0.4) is 0 Å². The molecular weight excluding hydrogens is 256 g/mol. The second kappa shape index (κ2) is 7.97. The molecule has 2 atom stereocenters. The first-order valence-electron chi connectivity index (χ1n) is 9.56. The van der Waals surface area contributed by atoms with Gasteiger partial charge in [-0.05, 0) is 44.6 Å². The molecule has 0 bridgehead atoms. The fraction of sp³-hybridized carbons (Fsp3) is 1.00. The number of nitrogens with one attached hydrogen (secondary N) is 1. The highest BCUT2D eigenvalue weighted by atomic mass is 15.3. The van der Waals surface area contributed by atoms with Crippen molar-refractivity contribution in [2.24, 2.45) is 11.8 Å². The molecule has 124 valence electrons. The van der Waals surface area contributed by atoms with Crippen molar-refractivity contribution in [3.63, 3.8) is 0 Å². The van der Waals surface area contributed by atoms with E-state index in [4.69, 9.17) is 0 Å². The first-order valence-corrected chi connectivity index (χ1v) is 9.56. The lowest BCUT2D eigenvalue weighted by molar-refractivity contribution is 0.0242. The molecule has 1 heterocycles. The van der Waals surface area contributed by atoms with Crippen LogP contribution in [-0.2, 0) is 0 Å². The van der Waals surface area contributed by atoms with E-state index in [1.165, 1.54) is 71.0 Å². The molecule has 1 aliphatic heterocycles. The van der Waals surface area contributed by atoms with Gasteiger partial charge in [0.1, 0.15) is 0 Å². The molecule has 2 heteroatoms. The van der Waals surface area contributed by atoms with E-state index in [-0.39, 0.29) is 0 Å². The molecule has 0 aromatic heterocycles. The lowest BCUT2D eigenvalue weighted by Gasteiger charge is -2.50. The molecule has 1 saturated carbocycles. The van der Waals surface area contributed by atoms with Crippen molar-refractivity contribution in [1.82, 2.24) is 10.2 Å². The topological polar surface area (TPSA) is 15.3 Å². The van der Waals surface area contributed by atoms with Gasteiger partial charge in [-0.2, -0.15) is 0 Å². The Morgan fingerprint density at radius 3 is 2.38 bits per heavy atom. The van der Waals surface area contributed by atoms with Gasteiger partial charge >= 0.3 is 0 Å². The first kappa shape index (κ1) is 17.3. The molecule has 1 aliphatic carbocycles. The van der Waals surface area contributed by atoms with Crippen LogP contribution in [0.4, 0.5) is 0 Å². The molecule has 2 nitrogen and oxygen atoms in total. The number of nitrogens with zero attached hydrogens (tertiary/aromatic N) is 1. The zero-order valence-corrected chi connectivity index (χ0v) is 15.0. The third-order valence-electron chi connectivity index (χ3n) is 5.90. The Labute approximate surface area is 133 Å². The van der Waals surface area contributed by atoms with Gasteiger partial charge in [-0.15, -0.1) is 0 Å². The molecule has 2 rings (SSSR count). The van der Waals surface area contributed by atoms with Crippen LogP contribution >= 0.6 is 0 Å². The first-order chi connectivity index (χ1) is 10.1. The molecule has 0 amide bonds. The zero-order valence-electron chi connectivity index (χ0n) is 15.0. The predicted octanol–water partition coefficient (Wildman–Crippen LogP) is 4.45. The van der Waals surface area contributed by atoms with Gasteiger partial charge in [0, 0.05) is 24.7 Å². The summed E-state index contributed by atoms with van der Waals surface area (Å²) in [5.41, 5.74) is 0.439. The SMILES string of the molecule is CCCCCCCCN1CC(C(C)C)NCC1(C)C1CC1. The summed E-state index contributed by atoms with van der Waals surface area (Å²) in [6, 6.07) is 0.692. The highest BCUT2D eigenvalue weighted by molar-refractivity contribution is 5.05. The summed E-state index contributed by atoms with van der Waals surface area (Å²) in [4.78, 5) is 2.85. The Kier molecular flexibility index (Phi) is 6.55. The quantitative estimate of drug-likeness (QED) is 0.632. The molecule has 2 unspecified atom stereocenters. The van der Waals surface area contributed by atoms with Gasteiger partial charge in [0.2, 0.25) is 0 Å². The number of piperazine rings is 1. The Hall–Kier alpha value is -0.0800. The summed E-state index contributed by atoms with van der Waals surface area (Å²) in [6.45, 7) is 13.3. The minimum atomic E-state index is 0.439. The van der Waals surface area contributed by atoms with E-state index in [0.29, 0.717) is 11.6 Å². The van der Waals surface area contributed by atoms with Crippen molar-refractivity contribution in [3.8, 4) is 0 Å². The number of hydrogen-bond donors (Lipinski definition) is 1. The fourth-order valence-electron chi connectivity index (χ4n) is 3.94. The predicted molar refractivity (Wildman–Crippen MR) is 92.7 cm³/mol. The molecule has 0 radical (unpaired) electrons. The molecule has 1 saturated heterocycles. The minimum absolute atomic E-state index is 0.439. The van der Waals surface area contributed by atoms with Crippen molar-refractivity contribution in [2.45, 2.75) is 90.6 Å². The van der Waals surface area contributed by atoms with E-state index >= 15 is 0 Å². The fourth-order valence-corrected chi connectivity index (χ4v) is 3.94. The average molecular weight is 295 g/mol. The Morgan fingerprint density at radius 1 is 1.10 bits per heavy atom. The lowest BCUT2D eigenvalue weighted by Crippen LogP contribution is -2.65. The van der Waals surface area contributed by atoms with Crippen LogP contribution in [0.25, 0.3) is 0 Å². The monoisotopic (exact) mass is 294 g/mol. The van der Waals surface area contributed by atoms with Crippen LogP contribution in [0.1, 0.15) is 79.1 Å². The molecule has 0 aromatic carbocycles. The average Bonchev–Trinajstić information content (AvgIpc) is 3.29. The van der Waals surface area contributed by atoms with Gasteiger partial charge in [0.05, 0.1) is 0 Å². The van der Waals surface area contributed by atoms with Crippen molar-refractivity contribution in [1.29, 1.82) is 0 Å². The van der Waals surface area contributed by atoms with Gasteiger partial charge in [-0.3, -0.25) is 4.90 Å². The highest BCUT2D eigenvalue weighted by Crippen LogP contribution is 2.44. The normalized spacial score (nSPS) is 31.0. The van der Waals surface area contributed by atoms with Crippen molar-refractivity contribution in [3.05, 3.63) is 0 Å². The van der Waals surface area contributed by atoms with Crippen LogP contribution in [0.2, 0.25) is 0 Å². The van der Waals surface area contributed by atoms with Gasteiger partial charge in [-0.25, -0.2) is 0 Å². The standard InChI is InChI=1S/C19H38N2/c1-5-6-7-8-9-10-13-21-14-18(16(2)3)20-15-19(21,4)17-11-12-17/h16-18,20H,5-15H2,1-4H3. The third-order valence-corrected chi connectivity index (χ3v) is 5.90. The Morgan fingerprint density at radius 2 is 1.76 bits per heavy atom. The van der Waals surface area contributed by atoms with Crippen LogP contribution in [-0.4, -0.2) is 36.1 Å². The molecule has 0 spiro atoms. The number of unbranched alkanes of at least 4 members (excludes halogenated alkanes) is 5. The van der Waals surface area contributed by atoms with Gasteiger partial charge in [-0.1, -0.05) is 52.9 Å². The number of hydrogen-bond acceptors (Lipinski definition) is 2. The van der Waals surface area contributed by atoms with E-state index < -0.39 is 0 Å². The molecular formula is C19H38N2. The zero-order chi connectivity index (χ0) is 15.3. The van der Waals surface area contributed by atoms with E-state index in [0.717, 1.165) is 11.8 Å². The van der Waals surface area contributed by atoms with E-state index in [2.05, 4.69) is 37.9 Å². The summed E-state index contributed by atoms with van der Waals surface area (Å²) in [7, 11) is 0. The van der Waals surface area contributed by atoms with Crippen LogP contribution in [0, 0.1) is 11.8 Å². The smallest absolute Gasteiger partial charge is 0.0334 e. The molecule has 0 aromatic rings. The summed E-state index contributed by atoms with van der Waals surface area (Å²) in [5.74, 6) is 1.71. The van der Waals surface area contributed by atoms with Crippen molar-refractivity contribution < 1.29 is 0 Å². The van der Waals surface area contributed by atoms with Gasteiger partial charge in [0.25, 0.3) is 0 Å². The third kappa shape index (κ3) is 4.69. The molecule has 1 N–H and O–H groups in total. The summed E-state index contributed by atoms with van der Waals surface area (Å²) in [5, 5.41) is 3.84. The van der Waals surface area contributed by atoms with Crippen LogP contribution in [0.5, 0.6) is 0 Å². The maximum atomic E-state index is 3.84. The second-order valence-electron chi connectivity index (χ2n) is 8.08. The molecule has 2 aliphatic rings. The van der Waals surface area contributed by atoms with E-state index in [1.54, 1.807) is 0 Å². The van der Waals surface area contributed by atoms with Crippen molar-refractivity contribution >= 4 is 0 Å². The Balaban J connectivity index is 1.79. The van der Waals surface area contributed by atoms with E-state index in [9.17, 15) is 0 Å². The van der Waals surface area contributed by atoms with E-state index in [1.807, 2.05) is 0 Å². The lowest BCUT2D eigenvalue weighted by atomic mass is 9.87. The molecule has 2 fully saturated rings. The summed E-state index contributed by atoms with van der Waals surface area (Å²) in [6.07, 6.45) is 11.4. The maximum absolute atomic E-state index is 3.84. The summed E-state index contributed by atoms with van der Waals surface area (Å²) < 4.78 is 0. The Bertz CT molecular complexity index is 298. The van der Waals surface area contributed by atoms with Crippen LogP contribution in [0.15, 0.2) is 0 Å². The van der Waals surface area contributed by atoms with Crippen molar-refractivity contribution in [2.75, 3.05) is 19.6 Å². The molecule has 21 heavy (non-hydrogen) atoms. The van der Waals surface area contributed by atoms with Crippen LogP contribution < -0.4 is 5.32 Å². The largest absolute Gasteiger partial charge is 0.311 e. The second-order valence-corrected chi connectivity index (χ2v) is 8.08. The number of rotatable bonds is 9. The summed E-state index contributed by atoms with van der Waals surface area (Å²) >= 11 is 0. The van der Waals surface area contributed by atoms with Gasteiger partial charge < -0.3 is 5.32 Å². The minimum Gasteiger partial charge on any atom is -0.311 e. The maximum Gasteiger partial charge on any atom is 0.0334 e. The van der Waals surface area contributed by atoms with Gasteiger partial charge in [0.15, 0.2) is 0 Å².